The molecule has 6 heteroatoms. The standard InChI is InChI=1S/C11H16N6/c1-17-5-4-15-11(17)9(16-13)6-8-2-3-14-10(12)7-8/h2-5,7,9,16H,6,13H2,1H3,(H2,12,14). The Morgan fingerprint density at radius 1 is 1.41 bits per heavy atom. The number of hydrogen-bond acceptors (Lipinski definition) is 5. The van der Waals surface area contributed by atoms with Gasteiger partial charge in [0.25, 0.3) is 0 Å². The Labute approximate surface area is 99.6 Å². The van der Waals surface area contributed by atoms with Crippen LogP contribution in [0.15, 0.2) is 30.7 Å². The fraction of sp³-hybridized carbons (Fsp3) is 0.273. The number of aryl methyl sites for hydroxylation is 1. The van der Waals surface area contributed by atoms with Gasteiger partial charge in [0.1, 0.15) is 11.6 Å². The van der Waals surface area contributed by atoms with Crippen molar-refractivity contribution in [3.05, 3.63) is 42.1 Å². The summed E-state index contributed by atoms with van der Waals surface area (Å²) < 4.78 is 1.94. The summed E-state index contributed by atoms with van der Waals surface area (Å²) in [5, 5.41) is 0. The Bertz CT molecular complexity index is 492. The van der Waals surface area contributed by atoms with Crippen LogP contribution in [0.2, 0.25) is 0 Å². The molecule has 5 N–H and O–H groups in total. The maximum atomic E-state index is 5.64. The molecule has 0 aliphatic carbocycles. The first-order valence-electron chi connectivity index (χ1n) is 5.34. The highest BCUT2D eigenvalue weighted by molar-refractivity contribution is 5.32. The van der Waals surface area contributed by atoms with E-state index in [2.05, 4.69) is 15.4 Å². The molecule has 2 rings (SSSR count). The zero-order valence-electron chi connectivity index (χ0n) is 9.67. The molecule has 0 bridgehead atoms. The third-order valence-electron chi connectivity index (χ3n) is 2.66. The van der Waals surface area contributed by atoms with Crippen molar-refractivity contribution in [1.29, 1.82) is 0 Å². The SMILES string of the molecule is Cn1ccnc1C(Cc1ccnc(N)c1)NN. The molecular formula is C11H16N6. The minimum Gasteiger partial charge on any atom is -0.384 e. The van der Waals surface area contributed by atoms with Gasteiger partial charge >= 0.3 is 0 Å². The largest absolute Gasteiger partial charge is 0.384 e. The summed E-state index contributed by atoms with van der Waals surface area (Å²) in [5.74, 6) is 6.97. The zero-order chi connectivity index (χ0) is 12.3. The number of rotatable bonds is 4. The first-order chi connectivity index (χ1) is 8.20. The van der Waals surface area contributed by atoms with Crippen LogP contribution in [0.25, 0.3) is 0 Å². The second-order valence-corrected chi connectivity index (χ2v) is 3.91. The summed E-state index contributed by atoms with van der Waals surface area (Å²) >= 11 is 0. The highest BCUT2D eigenvalue weighted by atomic mass is 15.3. The van der Waals surface area contributed by atoms with E-state index in [9.17, 15) is 0 Å². The third-order valence-corrected chi connectivity index (χ3v) is 2.66. The topological polar surface area (TPSA) is 94.8 Å². The Morgan fingerprint density at radius 3 is 2.82 bits per heavy atom. The quantitative estimate of drug-likeness (QED) is 0.515. The number of pyridine rings is 1. The lowest BCUT2D eigenvalue weighted by Crippen LogP contribution is -2.31. The van der Waals surface area contributed by atoms with E-state index in [1.165, 1.54) is 0 Å². The van der Waals surface area contributed by atoms with Crippen LogP contribution in [0.3, 0.4) is 0 Å². The normalized spacial score (nSPS) is 12.6. The van der Waals surface area contributed by atoms with Crippen molar-refractivity contribution < 1.29 is 0 Å². The molecule has 0 saturated carbocycles. The van der Waals surface area contributed by atoms with E-state index in [4.69, 9.17) is 11.6 Å². The molecule has 0 aliphatic rings. The van der Waals surface area contributed by atoms with Gasteiger partial charge in [0.15, 0.2) is 0 Å². The number of nitrogens with one attached hydrogen (secondary N) is 1. The molecule has 0 amide bonds. The van der Waals surface area contributed by atoms with E-state index >= 15 is 0 Å². The van der Waals surface area contributed by atoms with Crippen molar-refractivity contribution in [2.45, 2.75) is 12.5 Å². The lowest BCUT2D eigenvalue weighted by atomic mass is 10.1. The number of nitrogen functional groups attached to an aromatic ring is 1. The van der Waals surface area contributed by atoms with Crippen molar-refractivity contribution in [1.82, 2.24) is 20.0 Å². The fourth-order valence-corrected chi connectivity index (χ4v) is 1.79. The Hall–Kier alpha value is -1.92. The van der Waals surface area contributed by atoms with E-state index < -0.39 is 0 Å². The van der Waals surface area contributed by atoms with Crippen molar-refractivity contribution in [3.8, 4) is 0 Å². The van der Waals surface area contributed by atoms with E-state index in [0.717, 1.165) is 11.4 Å². The van der Waals surface area contributed by atoms with Crippen molar-refractivity contribution in [2.75, 3.05) is 5.73 Å². The van der Waals surface area contributed by atoms with Gasteiger partial charge in [-0.2, -0.15) is 0 Å². The first kappa shape index (κ1) is 11.6. The molecule has 1 atom stereocenters. The summed E-state index contributed by atoms with van der Waals surface area (Å²) in [6, 6.07) is 3.72. The predicted molar refractivity (Wildman–Crippen MR) is 65.6 cm³/mol. The summed E-state index contributed by atoms with van der Waals surface area (Å²) in [5.41, 5.74) is 9.48. The van der Waals surface area contributed by atoms with Gasteiger partial charge in [0, 0.05) is 25.6 Å². The Morgan fingerprint density at radius 2 is 2.24 bits per heavy atom. The van der Waals surface area contributed by atoms with Crippen molar-refractivity contribution in [2.24, 2.45) is 12.9 Å². The van der Waals surface area contributed by atoms with Gasteiger partial charge in [0.05, 0.1) is 6.04 Å². The predicted octanol–water partition coefficient (Wildman–Crippen LogP) is 0.144. The lowest BCUT2D eigenvalue weighted by Gasteiger charge is -2.15. The van der Waals surface area contributed by atoms with Crippen LogP contribution in [-0.2, 0) is 13.5 Å². The minimum atomic E-state index is -0.0446. The Kier molecular flexibility index (Phi) is 3.36. The molecule has 90 valence electrons. The maximum absolute atomic E-state index is 5.64. The second kappa shape index (κ2) is 4.94. The van der Waals surface area contributed by atoms with Crippen LogP contribution < -0.4 is 17.0 Å². The number of aromatic nitrogens is 3. The van der Waals surface area contributed by atoms with E-state index in [-0.39, 0.29) is 6.04 Å². The number of anilines is 1. The van der Waals surface area contributed by atoms with Crippen molar-refractivity contribution >= 4 is 5.82 Å². The molecule has 2 aromatic rings. The molecule has 6 nitrogen and oxygen atoms in total. The number of nitrogens with two attached hydrogens (primary N) is 2. The highest BCUT2D eigenvalue weighted by Gasteiger charge is 2.14. The van der Waals surface area contributed by atoms with Crippen LogP contribution in [0, 0.1) is 0 Å². The molecule has 2 aromatic heterocycles. The van der Waals surface area contributed by atoms with Crippen LogP contribution >= 0.6 is 0 Å². The third kappa shape index (κ3) is 2.61. The van der Waals surface area contributed by atoms with Crippen LogP contribution in [0.1, 0.15) is 17.4 Å². The van der Waals surface area contributed by atoms with E-state index in [0.29, 0.717) is 12.2 Å². The zero-order valence-corrected chi connectivity index (χ0v) is 9.67. The van der Waals surface area contributed by atoms with Crippen LogP contribution in [0.5, 0.6) is 0 Å². The molecule has 17 heavy (non-hydrogen) atoms. The van der Waals surface area contributed by atoms with Gasteiger partial charge in [-0.3, -0.25) is 5.84 Å². The number of hydrazine groups is 1. The molecule has 2 heterocycles. The summed E-state index contributed by atoms with van der Waals surface area (Å²) in [6.45, 7) is 0. The van der Waals surface area contributed by atoms with Gasteiger partial charge in [-0.15, -0.1) is 0 Å². The average molecular weight is 232 g/mol. The Balaban J connectivity index is 2.19. The van der Waals surface area contributed by atoms with Crippen LogP contribution in [-0.4, -0.2) is 14.5 Å². The van der Waals surface area contributed by atoms with Gasteiger partial charge in [-0.05, 0) is 24.1 Å². The molecule has 1 unspecified atom stereocenters. The maximum Gasteiger partial charge on any atom is 0.127 e. The summed E-state index contributed by atoms with van der Waals surface area (Å²) in [7, 11) is 1.94. The molecule has 0 aliphatic heterocycles. The smallest absolute Gasteiger partial charge is 0.127 e. The molecule has 0 saturated heterocycles. The highest BCUT2D eigenvalue weighted by Crippen LogP contribution is 2.16. The molecule has 0 radical (unpaired) electrons. The minimum absolute atomic E-state index is 0.0446. The van der Waals surface area contributed by atoms with Crippen molar-refractivity contribution in [3.63, 3.8) is 0 Å². The van der Waals surface area contributed by atoms with Crippen LogP contribution in [0.4, 0.5) is 5.82 Å². The van der Waals surface area contributed by atoms with E-state index in [1.54, 1.807) is 12.4 Å². The molecule has 0 fully saturated rings. The molecular weight excluding hydrogens is 216 g/mol. The van der Waals surface area contributed by atoms with E-state index in [1.807, 2.05) is 29.9 Å². The lowest BCUT2D eigenvalue weighted by molar-refractivity contribution is 0.507. The average Bonchev–Trinajstić information content (AvgIpc) is 2.72. The first-order valence-corrected chi connectivity index (χ1v) is 5.34. The molecule has 0 aromatic carbocycles. The van der Waals surface area contributed by atoms with Gasteiger partial charge in [-0.1, -0.05) is 0 Å². The number of imidazole rings is 1. The number of hydrogen-bond donors (Lipinski definition) is 3. The van der Waals surface area contributed by atoms with Gasteiger partial charge < -0.3 is 10.3 Å². The number of nitrogens with zero attached hydrogens (tertiary/aromatic N) is 3. The molecule has 0 spiro atoms. The fourth-order valence-electron chi connectivity index (χ4n) is 1.79. The summed E-state index contributed by atoms with van der Waals surface area (Å²) in [4.78, 5) is 8.24. The summed E-state index contributed by atoms with van der Waals surface area (Å²) in [6.07, 6.45) is 6.05. The van der Waals surface area contributed by atoms with Gasteiger partial charge in [-0.25, -0.2) is 15.4 Å². The second-order valence-electron chi connectivity index (χ2n) is 3.91. The van der Waals surface area contributed by atoms with Gasteiger partial charge in [0.2, 0.25) is 0 Å². The monoisotopic (exact) mass is 232 g/mol.